The maximum Gasteiger partial charge on any atom is 0.410 e. The minimum Gasteiger partial charge on any atom is -0.495 e. The highest BCUT2D eigenvalue weighted by Gasteiger charge is 2.42. The van der Waals surface area contributed by atoms with Crippen molar-refractivity contribution in [3.8, 4) is 11.4 Å². The van der Waals surface area contributed by atoms with Crippen LogP contribution in [0.15, 0.2) is 36.3 Å². The second kappa shape index (κ2) is 9.73. The molecule has 0 radical (unpaired) electrons. The lowest BCUT2D eigenvalue weighted by Crippen LogP contribution is -2.49. The molecule has 0 spiro atoms. The van der Waals surface area contributed by atoms with Crippen molar-refractivity contribution in [3.05, 3.63) is 47.6 Å². The molecule has 4 rings (SSSR count). The van der Waals surface area contributed by atoms with E-state index in [0.29, 0.717) is 24.3 Å². The first-order valence-electron chi connectivity index (χ1n) is 11.9. The van der Waals surface area contributed by atoms with Gasteiger partial charge in [-0.05, 0) is 64.3 Å². The average molecular weight is 483 g/mol. The topological polar surface area (TPSA) is 97.1 Å². The van der Waals surface area contributed by atoms with E-state index in [1.165, 1.54) is 4.90 Å². The fourth-order valence-electron chi connectivity index (χ4n) is 4.59. The lowest BCUT2D eigenvalue weighted by molar-refractivity contribution is -0.132. The van der Waals surface area contributed by atoms with Gasteiger partial charge >= 0.3 is 6.09 Å². The summed E-state index contributed by atoms with van der Waals surface area (Å²) < 4.78 is 12.9. The molecule has 2 atom stereocenters. The maximum absolute atomic E-state index is 13.4. The van der Waals surface area contributed by atoms with Gasteiger partial charge < -0.3 is 28.9 Å². The van der Waals surface area contributed by atoms with E-state index >= 15 is 0 Å². The van der Waals surface area contributed by atoms with E-state index in [1.807, 2.05) is 42.0 Å². The van der Waals surface area contributed by atoms with Gasteiger partial charge in [0.05, 0.1) is 43.5 Å². The van der Waals surface area contributed by atoms with Gasteiger partial charge in [0.15, 0.2) is 0 Å². The van der Waals surface area contributed by atoms with E-state index < -0.39 is 23.8 Å². The lowest BCUT2D eigenvalue weighted by atomic mass is 9.98. The van der Waals surface area contributed by atoms with Crippen LogP contribution in [0.25, 0.3) is 11.8 Å². The molecule has 9 heteroatoms. The lowest BCUT2D eigenvalue weighted by Gasteiger charge is -2.35. The molecule has 2 saturated heterocycles. The molecule has 2 aliphatic rings. The number of likely N-dealkylation sites (tertiary alicyclic amines) is 2. The summed E-state index contributed by atoms with van der Waals surface area (Å²) in [5.74, 6) is 0.565. The molecule has 0 saturated carbocycles. The second-order valence-corrected chi connectivity index (χ2v) is 10.1. The number of benzene rings is 1. The van der Waals surface area contributed by atoms with Crippen LogP contribution in [0.3, 0.4) is 0 Å². The minimum absolute atomic E-state index is 0.111. The minimum atomic E-state index is -0.816. The van der Waals surface area contributed by atoms with Gasteiger partial charge in [-0.3, -0.25) is 4.79 Å². The Morgan fingerprint density at radius 2 is 2.03 bits per heavy atom. The Kier molecular flexibility index (Phi) is 6.89. The van der Waals surface area contributed by atoms with E-state index in [2.05, 4.69) is 4.98 Å². The van der Waals surface area contributed by atoms with Crippen molar-refractivity contribution in [2.24, 2.45) is 0 Å². The summed E-state index contributed by atoms with van der Waals surface area (Å²) in [6.07, 6.45) is 5.69. The van der Waals surface area contributed by atoms with E-state index in [1.54, 1.807) is 39.1 Å². The highest BCUT2D eigenvalue weighted by Crippen LogP contribution is 2.29. The van der Waals surface area contributed by atoms with Crippen LogP contribution in [0.4, 0.5) is 4.79 Å². The zero-order valence-electron chi connectivity index (χ0n) is 21.0. The van der Waals surface area contributed by atoms with Gasteiger partial charge in [-0.2, -0.15) is 0 Å². The summed E-state index contributed by atoms with van der Waals surface area (Å²) in [4.78, 5) is 33.3. The van der Waals surface area contributed by atoms with Crippen LogP contribution in [0, 0.1) is 6.92 Å². The largest absolute Gasteiger partial charge is 0.495 e. The third kappa shape index (κ3) is 5.51. The first-order chi connectivity index (χ1) is 16.6. The third-order valence-electron chi connectivity index (χ3n) is 6.23. The number of amides is 2. The molecule has 188 valence electrons. The Labute approximate surface area is 205 Å². The summed E-state index contributed by atoms with van der Waals surface area (Å²) in [5.41, 5.74) is 2.68. The predicted molar refractivity (Wildman–Crippen MR) is 131 cm³/mol. The second-order valence-electron chi connectivity index (χ2n) is 10.1. The van der Waals surface area contributed by atoms with Crippen LogP contribution in [0.2, 0.25) is 0 Å². The SMILES string of the molecule is COc1cc(/C=C2\CCCN(C3CN(C(=O)OC(C)(C)C)CC3O)C2=O)ccc1-n1cnc(C)c1. The van der Waals surface area contributed by atoms with Crippen molar-refractivity contribution in [1.82, 2.24) is 19.4 Å². The highest BCUT2D eigenvalue weighted by atomic mass is 16.6. The standard InChI is InChI=1S/C26H34N4O5/c1-17-13-29(16-27-17)20-9-8-18(12-23(20)34-5)11-19-7-6-10-30(24(19)32)21-14-28(15-22(21)31)25(33)35-26(2,3)4/h8-9,11-13,16,21-22,31H,6-7,10,14-15H2,1-5H3/b19-11+. The van der Waals surface area contributed by atoms with Crippen molar-refractivity contribution in [2.75, 3.05) is 26.7 Å². The van der Waals surface area contributed by atoms with Crippen LogP contribution < -0.4 is 4.74 Å². The van der Waals surface area contributed by atoms with Gasteiger partial charge in [0, 0.05) is 24.9 Å². The number of carbonyl (C=O) groups is 2. The van der Waals surface area contributed by atoms with Crippen LogP contribution in [-0.2, 0) is 9.53 Å². The average Bonchev–Trinajstić information content (AvgIpc) is 3.39. The van der Waals surface area contributed by atoms with Gasteiger partial charge in [-0.15, -0.1) is 0 Å². The third-order valence-corrected chi connectivity index (χ3v) is 6.23. The van der Waals surface area contributed by atoms with Crippen LogP contribution in [0.5, 0.6) is 5.75 Å². The quantitative estimate of drug-likeness (QED) is 0.673. The number of hydrogen-bond donors (Lipinski definition) is 1. The highest BCUT2D eigenvalue weighted by molar-refractivity contribution is 5.99. The first-order valence-corrected chi connectivity index (χ1v) is 11.9. The number of hydrogen-bond acceptors (Lipinski definition) is 6. The number of rotatable bonds is 4. The number of piperidine rings is 1. The number of imidazole rings is 1. The Morgan fingerprint density at radius 3 is 2.69 bits per heavy atom. The number of β-amino-alcohol motifs (C(OH)–C–C–N with tert-alkyl or cyclic N) is 1. The smallest absolute Gasteiger partial charge is 0.410 e. The molecule has 1 aromatic carbocycles. The molecule has 0 aliphatic carbocycles. The summed E-state index contributed by atoms with van der Waals surface area (Å²) in [6.45, 7) is 8.28. The van der Waals surface area contributed by atoms with E-state index in [0.717, 1.165) is 23.4 Å². The van der Waals surface area contributed by atoms with Crippen molar-refractivity contribution in [1.29, 1.82) is 0 Å². The van der Waals surface area contributed by atoms with Gasteiger partial charge in [0.1, 0.15) is 11.4 Å². The number of carbonyl (C=O) groups excluding carboxylic acids is 2. The van der Waals surface area contributed by atoms with Crippen molar-refractivity contribution in [3.63, 3.8) is 0 Å². The van der Waals surface area contributed by atoms with Gasteiger partial charge in [-0.25, -0.2) is 9.78 Å². The molecule has 1 N–H and O–H groups in total. The summed E-state index contributed by atoms with van der Waals surface area (Å²) in [6, 6.07) is 5.33. The summed E-state index contributed by atoms with van der Waals surface area (Å²) in [5, 5.41) is 10.7. The number of methoxy groups -OCH3 is 1. The predicted octanol–water partition coefficient (Wildman–Crippen LogP) is 3.18. The Bertz CT molecular complexity index is 1130. The van der Waals surface area contributed by atoms with Crippen LogP contribution >= 0.6 is 0 Å². The maximum atomic E-state index is 13.4. The number of aromatic nitrogens is 2. The molecule has 2 amide bonds. The number of aliphatic hydroxyl groups excluding tert-OH is 1. The van der Waals surface area contributed by atoms with E-state index in [9.17, 15) is 14.7 Å². The molecule has 2 fully saturated rings. The molecule has 0 bridgehead atoms. The molecule has 2 aromatic rings. The Hall–Kier alpha value is -3.33. The number of nitrogens with zero attached hydrogens (tertiary/aromatic N) is 4. The molecule has 2 unspecified atom stereocenters. The van der Waals surface area contributed by atoms with Crippen LogP contribution in [0.1, 0.15) is 44.9 Å². The number of aliphatic hydroxyl groups is 1. The molecule has 35 heavy (non-hydrogen) atoms. The molecule has 9 nitrogen and oxygen atoms in total. The van der Waals surface area contributed by atoms with Crippen molar-refractivity contribution >= 4 is 18.1 Å². The molecule has 3 heterocycles. The Balaban J connectivity index is 1.51. The summed E-state index contributed by atoms with van der Waals surface area (Å²) in [7, 11) is 1.62. The van der Waals surface area contributed by atoms with E-state index in [4.69, 9.17) is 9.47 Å². The Morgan fingerprint density at radius 1 is 1.26 bits per heavy atom. The fourth-order valence-corrected chi connectivity index (χ4v) is 4.59. The van der Waals surface area contributed by atoms with Crippen molar-refractivity contribution < 1.29 is 24.2 Å². The molecule has 2 aliphatic heterocycles. The summed E-state index contributed by atoms with van der Waals surface area (Å²) >= 11 is 0. The monoisotopic (exact) mass is 482 g/mol. The molecule has 1 aromatic heterocycles. The first kappa shape index (κ1) is 24.8. The normalized spacial score (nSPS) is 22.1. The van der Waals surface area contributed by atoms with Gasteiger partial charge in [0.2, 0.25) is 5.91 Å². The number of aryl methyl sites for hydroxylation is 1. The molecular formula is C26H34N4O5. The zero-order chi connectivity index (χ0) is 25.3. The van der Waals surface area contributed by atoms with Gasteiger partial charge in [-0.1, -0.05) is 6.07 Å². The van der Waals surface area contributed by atoms with Crippen LogP contribution in [-0.4, -0.2) is 80.9 Å². The van der Waals surface area contributed by atoms with Gasteiger partial charge in [0.25, 0.3) is 0 Å². The zero-order valence-corrected chi connectivity index (χ0v) is 21.0. The number of ether oxygens (including phenoxy) is 2. The molecular weight excluding hydrogens is 448 g/mol. The fraction of sp³-hybridized carbons (Fsp3) is 0.500. The van der Waals surface area contributed by atoms with E-state index in [-0.39, 0.29) is 19.0 Å². The van der Waals surface area contributed by atoms with Crippen molar-refractivity contribution in [2.45, 2.75) is 58.3 Å².